The van der Waals surface area contributed by atoms with Crippen molar-refractivity contribution in [3.63, 3.8) is 0 Å². The Bertz CT molecular complexity index is 495. The highest BCUT2D eigenvalue weighted by Crippen LogP contribution is 2.15. The Morgan fingerprint density at radius 3 is 2.74 bits per heavy atom. The summed E-state index contributed by atoms with van der Waals surface area (Å²) in [5.74, 6) is -0.241. The van der Waals surface area contributed by atoms with Crippen LogP contribution in [0.25, 0.3) is 0 Å². The zero-order valence-electron chi connectivity index (χ0n) is 11.2. The van der Waals surface area contributed by atoms with Crippen LogP contribution >= 0.6 is 0 Å². The molecule has 0 atom stereocenters. The van der Waals surface area contributed by atoms with Gasteiger partial charge in [0.25, 0.3) is 0 Å². The van der Waals surface area contributed by atoms with E-state index in [4.69, 9.17) is 4.74 Å². The van der Waals surface area contributed by atoms with Gasteiger partial charge in [-0.25, -0.2) is 0 Å². The highest BCUT2D eigenvalue weighted by molar-refractivity contribution is 5.97. The van der Waals surface area contributed by atoms with Crippen LogP contribution < -0.4 is 10.6 Å². The Hall–Kier alpha value is -1.72. The molecule has 1 aliphatic heterocycles. The molecule has 2 rings (SSSR count). The third kappa shape index (κ3) is 3.62. The molecule has 0 aliphatic carbocycles. The molecule has 5 heteroatoms. The van der Waals surface area contributed by atoms with Crippen molar-refractivity contribution in [2.24, 2.45) is 0 Å². The maximum absolute atomic E-state index is 11.7. The molecule has 0 bridgehead atoms. The summed E-state index contributed by atoms with van der Waals surface area (Å²) in [7, 11) is 0. The van der Waals surface area contributed by atoms with Crippen molar-refractivity contribution in [3.05, 3.63) is 29.8 Å². The zero-order valence-corrected chi connectivity index (χ0v) is 11.2. The summed E-state index contributed by atoms with van der Waals surface area (Å²) in [6.07, 6.45) is 0. The molecule has 1 heterocycles. The minimum absolute atomic E-state index is 0.0163. The van der Waals surface area contributed by atoms with Gasteiger partial charge < -0.3 is 15.4 Å². The lowest BCUT2D eigenvalue weighted by Crippen LogP contribution is -2.59. The molecular weight excluding hydrogens is 244 g/mol. The molecule has 0 unspecified atom stereocenters. The van der Waals surface area contributed by atoms with E-state index >= 15 is 0 Å². The fraction of sp³-hybridized carbons (Fsp3) is 0.429. The maximum Gasteiger partial charge on any atom is 0.250 e. The van der Waals surface area contributed by atoms with Crippen LogP contribution in [0.4, 0.5) is 5.69 Å². The van der Waals surface area contributed by atoms with Gasteiger partial charge in [-0.1, -0.05) is 12.1 Å². The average Bonchev–Trinajstić information content (AvgIpc) is 2.34. The van der Waals surface area contributed by atoms with Crippen LogP contribution in [0.2, 0.25) is 0 Å². The van der Waals surface area contributed by atoms with Crippen molar-refractivity contribution in [3.8, 4) is 0 Å². The van der Waals surface area contributed by atoms with Gasteiger partial charge >= 0.3 is 0 Å². The highest BCUT2D eigenvalue weighted by Gasteiger charge is 2.32. The molecular formula is C14H18N2O3. The minimum Gasteiger partial charge on any atom is -0.363 e. The smallest absolute Gasteiger partial charge is 0.250 e. The number of carbonyl (C=O) groups is 2. The normalized spacial score (nSPS) is 16.5. The first-order chi connectivity index (χ1) is 8.98. The fourth-order valence-corrected chi connectivity index (χ4v) is 1.83. The number of hydrogen-bond acceptors (Lipinski definition) is 4. The number of nitrogens with one attached hydrogen (secondary N) is 2. The summed E-state index contributed by atoms with van der Waals surface area (Å²) in [6, 6.07) is 6.86. The van der Waals surface area contributed by atoms with E-state index in [0.29, 0.717) is 11.3 Å². The van der Waals surface area contributed by atoms with E-state index in [9.17, 15) is 9.59 Å². The third-order valence-corrected chi connectivity index (χ3v) is 3.10. The van der Waals surface area contributed by atoms with E-state index in [2.05, 4.69) is 10.6 Å². The second-order valence-corrected chi connectivity index (χ2v) is 5.03. The minimum atomic E-state index is -0.238. The summed E-state index contributed by atoms with van der Waals surface area (Å²) in [4.78, 5) is 23.0. The van der Waals surface area contributed by atoms with Gasteiger partial charge in [-0.2, -0.15) is 0 Å². The predicted octanol–water partition coefficient (Wildman–Crippen LogP) is 1.21. The predicted molar refractivity (Wildman–Crippen MR) is 72.3 cm³/mol. The van der Waals surface area contributed by atoms with Gasteiger partial charge in [-0.15, -0.1) is 0 Å². The lowest BCUT2D eigenvalue weighted by molar-refractivity contribution is -0.130. The van der Waals surface area contributed by atoms with Crippen LogP contribution in [0.5, 0.6) is 0 Å². The van der Waals surface area contributed by atoms with Crippen molar-refractivity contribution in [1.29, 1.82) is 0 Å². The molecule has 1 aromatic rings. The summed E-state index contributed by atoms with van der Waals surface area (Å²) < 4.78 is 5.54. The Labute approximate surface area is 112 Å². The van der Waals surface area contributed by atoms with Crippen LogP contribution in [0.3, 0.4) is 0 Å². The number of carbonyl (C=O) groups excluding carboxylic acids is 2. The Balaban J connectivity index is 1.88. The van der Waals surface area contributed by atoms with Crippen molar-refractivity contribution < 1.29 is 14.3 Å². The first kappa shape index (κ1) is 13.7. The number of rotatable bonds is 5. The van der Waals surface area contributed by atoms with E-state index in [1.165, 1.54) is 6.92 Å². The molecule has 2 N–H and O–H groups in total. The van der Waals surface area contributed by atoms with Crippen molar-refractivity contribution in [1.82, 2.24) is 5.32 Å². The van der Waals surface area contributed by atoms with Gasteiger partial charge in [-0.3, -0.25) is 9.59 Å². The molecule has 0 saturated carbocycles. The number of ether oxygens (including phenoxy) is 1. The topological polar surface area (TPSA) is 67.4 Å². The SMILES string of the molecule is CC(=O)c1cccc(NC(=O)COC2(C)CNC2)c1. The highest BCUT2D eigenvalue weighted by atomic mass is 16.5. The molecule has 0 radical (unpaired) electrons. The van der Waals surface area contributed by atoms with Gasteiger partial charge in [0, 0.05) is 24.3 Å². The van der Waals surface area contributed by atoms with E-state index < -0.39 is 0 Å². The lowest BCUT2D eigenvalue weighted by Gasteiger charge is -2.38. The Kier molecular flexibility index (Phi) is 3.97. The van der Waals surface area contributed by atoms with Crippen LogP contribution in [-0.2, 0) is 9.53 Å². The maximum atomic E-state index is 11.7. The quantitative estimate of drug-likeness (QED) is 0.783. The summed E-state index contributed by atoms with van der Waals surface area (Å²) in [5, 5.41) is 5.82. The van der Waals surface area contributed by atoms with Gasteiger partial charge in [0.05, 0.1) is 5.60 Å². The molecule has 0 spiro atoms. The van der Waals surface area contributed by atoms with E-state index in [0.717, 1.165) is 13.1 Å². The lowest BCUT2D eigenvalue weighted by atomic mass is 10.0. The molecule has 1 aliphatic rings. The second-order valence-electron chi connectivity index (χ2n) is 5.03. The number of anilines is 1. The summed E-state index contributed by atoms with van der Waals surface area (Å²) in [6.45, 7) is 5.00. The van der Waals surface area contributed by atoms with Crippen LogP contribution in [0, 0.1) is 0 Å². The van der Waals surface area contributed by atoms with Crippen molar-refractivity contribution in [2.45, 2.75) is 19.4 Å². The van der Waals surface area contributed by atoms with E-state index in [1.807, 2.05) is 6.92 Å². The molecule has 0 aromatic heterocycles. The van der Waals surface area contributed by atoms with E-state index in [1.54, 1.807) is 24.3 Å². The molecule has 1 aromatic carbocycles. The van der Waals surface area contributed by atoms with Crippen LogP contribution in [0.15, 0.2) is 24.3 Å². The van der Waals surface area contributed by atoms with Gasteiger partial charge in [0.1, 0.15) is 6.61 Å². The van der Waals surface area contributed by atoms with Crippen molar-refractivity contribution >= 4 is 17.4 Å². The van der Waals surface area contributed by atoms with Gasteiger partial charge in [0.2, 0.25) is 5.91 Å². The average molecular weight is 262 g/mol. The van der Waals surface area contributed by atoms with Crippen molar-refractivity contribution in [2.75, 3.05) is 25.0 Å². The fourth-order valence-electron chi connectivity index (χ4n) is 1.83. The summed E-state index contributed by atoms with van der Waals surface area (Å²) >= 11 is 0. The standard InChI is InChI=1S/C14H18N2O3/c1-10(17)11-4-3-5-12(6-11)16-13(18)7-19-14(2)8-15-9-14/h3-6,15H,7-9H2,1-2H3,(H,16,18). The summed E-state index contributed by atoms with van der Waals surface area (Å²) in [5.41, 5.74) is 0.950. The van der Waals surface area contributed by atoms with Crippen LogP contribution in [0.1, 0.15) is 24.2 Å². The Morgan fingerprint density at radius 1 is 1.42 bits per heavy atom. The number of benzene rings is 1. The second kappa shape index (κ2) is 5.50. The molecule has 1 amide bonds. The largest absolute Gasteiger partial charge is 0.363 e. The molecule has 102 valence electrons. The monoisotopic (exact) mass is 262 g/mol. The molecule has 1 saturated heterocycles. The first-order valence-electron chi connectivity index (χ1n) is 6.24. The Morgan fingerprint density at radius 2 is 2.16 bits per heavy atom. The van der Waals surface area contributed by atoms with Gasteiger partial charge in [-0.05, 0) is 26.0 Å². The number of Topliss-reactive ketones (excluding diaryl/α,β-unsaturated/α-hetero) is 1. The molecule has 5 nitrogen and oxygen atoms in total. The molecule has 19 heavy (non-hydrogen) atoms. The number of amides is 1. The van der Waals surface area contributed by atoms with Crippen LogP contribution in [-0.4, -0.2) is 37.0 Å². The van der Waals surface area contributed by atoms with E-state index in [-0.39, 0.29) is 23.9 Å². The van der Waals surface area contributed by atoms with Gasteiger partial charge in [0.15, 0.2) is 5.78 Å². The first-order valence-corrected chi connectivity index (χ1v) is 6.24. The zero-order chi connectivity index (χ0) is 13.9. The number of hydrogen-bond donors (Lipinski definition) is 2. The third-order valence-electron chi connectivity index (χ3n) is 3.10. The molecule has 1 fully saturated rings. The number of ketones is 1.